The van der Waals surface area contributed by atoms with Crippen LogP contribution in [0, 0.1) is 17.2 Å². The number of rotatable bonds is 11. The second kappa shape index (κ2) is 11.6. The minimum atomic E-state index is -1.35. The average Bonchev–Trinajstić information content (AvgIpc) is 2.42. The number of ketones is 1. The first-order valence-electron chi connectivity index (χ1n) is 5.93. The molecular weight excluding hydrogens is 254 g/mol. The number of esters is 1. The number of carbonyl (C=O) groups excluding carboxylic acids is 2. The lowest BCUT2D eigenvalue weighted by Gasteiger charge is -2.06. The third-order valence-corrected chi connectivity index (χ3v) is 2.21. The Balaban J connectivity index is 3.63. The van der Waals surface area contributed by atoms with E-state index in [2.05, 4.69) is 4.74 Å². The monoisotopic (exact) mass is 273 g/mol. The third-order valence-electron chi connectivity index (χ3n) is 2.21. The van der Waals surface area contributed by atoms with Gasteiger partial charge in [-0.05, 0) is 6.42 Å². The van der Waals surface area contributed by atoms with Crippen LogP contribution in [-0.2, 0) is 23.8 Å². The molecule has 0 aromatic carbocycles. The van der Waals surface area contributed by atoms with Gasteiger partial charge in [-0.15, -0.1) is 0 Å². The molecule has 0 radical (unpaired) electrons. The maximum atomic E-state index is 11.5. The first-order valence-corrected chi connectivity index (χ1v) is 5.93. The van der Waals surface area contributed by atoms with Gasteiger partial charge in [0, 0.05) is 13.0 Å². The number of Topliss-reactive ketones (excluding diaryl/α,β-unsaturated/α-hetero) is 1. The SMILES string of the molecule is COC(=O)C(C#N)C(=O)CCCOCCOCCO. The van der Waals surface area contributed by atoms with Gasteiger partial charge >= 0.3 is 5.97 Å². The molecule has 0 amide bonds. The first-order chi connectivity index (χ1) is 9.17. The summed E-state index contributed by atoms with van der Waals surface area (Å²) in [5.41, 5.74) is 0. The number of aliphatic hydroxyl groups excluding tert-OH is 1. The van der Waals surface area contributed by atoms with E-state index >= 15 is 0 Å². The quantitative estimate of drug-likeness (QED) is 0.312. The van der Waals surface area contributed by atoms with Crippen molar-refractivity contribution in [2.24, 2.45) is 5.92 Å². The fraction of sp³-hybridized carbons (Fsp3) is 0.750. The number of hydrogen-bond acceptors (Lipinski definition) is 7. The van der Waals surface area contributed by atoms with E-state index in [1.807, 2.05) is 0 Å². The Morgan fingerprint density at radius 1 is 1.21 bits per heavy atom. The predicted molar refractivity (Wildman–Crippen MR) is 64.1 cm³/mol. The van der Waals surface area contributed by atoms with E-state index in [1.165, 1.54) is 0 Å². The molecule has 0 saturated carbocycles. The average molecular weight is 273 g/mol. The zero-order valence-electron chi connectivity index (χ0n) is 11.0. The van der Waals surface area contributed by atoms with Crippen molar-refractivity contribution >= 4 is 11.8 Å². The van der Waals surface area contributed by atoms with Gasteiger partial charge in [0.05, 0.1) is 39.6 Å². The predicted octanol–water partition coefficient (Wildman–Crippen LogP) is -0.326. The van der Waals surface area contributed by atoms with Crippen LogP contribution < -0.4 is 0 Å². The molecule has 0 heterocycles. The number of aliphatic hydroxyl groups is 1. The Morgan fingerprint density at radius 2 is 1.84 bits per heavy atom. The highest BCUT2D eigenvalue weighted by Gasteiger charge is 2.26. The summed E-state index contributed by atoms with van der Waals surface area (Å²) in [6.07, 6.45) is 0.513. The van der Waals surface area contributed by atoms with Crippen molar-refractivity contribution in [2.45, 2.75) is 12.8 Å². The normalized spacial score (nSPS) is 11.6. The van der Waals surface area contributed by atoms with E-state index in [9.17, 15) is 9.59 Å². The van der Waals surface area contributed by atoms with Gasteiger partial charge in [-0.25, -0.2) is 0 Å². The second-order valence-corrected chi connectivity index (χ2v) is 3.60. The highest BCUT2D eigenvalue weighted by molar-refractivity contribution is 6.01. The topological polar surface area (TPSA) is 106 Å². The molecule has 7 nitrogen and oxygen atoms in total. The van der Waals surface area contributed by atoms with Crippen LogP contribution in [0.3, 0.4) is 0 Å². The highest BCUT2D eigenvalue weighted by Crippen LogP contribution is 2.05. The zero-order valence-corrected chi connectivity index (χ0v) is 11.0. The minimum Gasteiger partial charge on any atom is -0.468 e. The van der Waals surface area contributed by atoms with Gasteiger partial charge in [0.2, 0.25) is 5.92 Å². The van der Waals surface area contributed by atoms with Crippen LogP contribution in [0.25, 0.3) is 0 Å². The molecule has 0 aromatic heterocycles. The molecule has 0 rings (SSSR count). The van der Waals surface area contributed by atoms with Gasteiger partial charge in [-0.1, -0.05) is 0 Å². The standard InChI is InChI=1S/C12H19NO6/c1-17-12(16)10(9-13)11(15)3-2-5-18-7-8-19-6-4-14/h10,14H,2-8H2,1H3. The van der Waals surface area contributed by atoms with Gasteiger partial charge in [0.15, 0.2) is 5.78 Å². The first kappa shape index (κ1) is 17.5. The summed E-state index contributed by atoms with van der Waals surface area (Å²) >= 11 is 0. The van der Waals surface area contributed by atoms with Gasteiger partial charge < -0.3 is 19.3 Å². The Hall–Kier alpha value is -1.49. The smallest absolute Gasteiger partial charge is 0.330 e. The lowest BCUT2D eigenvalue weighted by atomic mass is 10.0. The van der Waals surface area contributed by atoms with Crippen LogP contribution in [0.5, 0.6) is 0 Å². The summed E-state index contributed by atoms with van der Waals surface area (Å²) in [6, 6.07) is 1.62. The molecule has 0 aliphatic heterocycles. The largest absolute Gasteiger partial charge is 0.468 e. The molecule has 1 unspecified atom stereocenters. The fourth-order valence-electron chi connectivity index (χ4n) is 1.25. The molecule has 0 aromatic rings. The molecule has 7 heteroatoms. The van der Waals surface area contributed by atoms with Crippen LogP contribution in [0.4, 0.5) is 0 Å². The number of nitrogens with zero attached hydrogens (tertiary/aromatic N) is 1. The van der Waals surface area contributed by atoms with Crippen LogP contribution in [0.2, 0.25) is 0 Å². The fourth-order valence-corrected chi connectivity index (χ4v) is 1.25. The summed E-state index contributed by atoms with van der Waals surface area (Å²) in [5.74, 6) is -2.64. The maximum absolute atomic E-state index is 11.5. The second-order valence-electron chi connectivity index (χ2n) is 3.60. The van der Waals surface area contributed by atoms with Crippen LogP contribution in [-0.4, -0.2) is 57.0 Å². The van der Waals surface area contributed by atoms with Crippen LogP contribution in [0.15, 0.2) is 0 Å². The Labute approximate surface area is 112 Å². The van der Waals surface area contributed by atoms with Crippen molar-refractivity contribution in [2.75, 3.05) is 40.1 Å². The molecule has 19 heavy (non-hydrogen) atoms. The molecule has 1 N–H and O–H groups in total. The minimum absolute atomic E-state index is 0.0302. The van der Waals surface area contributed by atoms with Gasteiger partial charge in [-0.3, -0.25) is 9.59 Å². The van der Waals surface area contributed by atoms with Crippen molar-refractivity contribution in [1.29, 1.82) is 5.26 Å². The molecule has 0 aliphatic rings. The zero-order chi connectivity index (χ0) is 14.5. The summed E-state index contributed by atoms with van der Waals surface area (Å²) in [6.45, 7) is 1.32. The molecule has 0 saturated heterocycles. The summed E-state index contributed by atoms with van der Waals surface area (Å²) in [7, 11) is 1.13. The van der Waals surface area contributed by atoms with Crippen LogP contribution in [0.1, 0.15) is 12.8 Å². The third kappa shape index (κ3) is 8.26. The number of hydrogen-bond donors (Lipinski definition) is 1. The van der Waals surface area contributed by atoms with E-state index in [-0.39, 0.29) is 19.6 Å². The molecule has 0 fully saturated rings. The summed E-state index contributed by atoms with van der Waals surface area (Å²) < 4.78 is 14.5. The number of carbonyl (C=O) groups is 2. The van der Waals surface area contributed by atoms with E-state index < -0.39 is 17.7 Å². The summed E-state index contributed by atoms with van der Waals surface area (Å²) in [5, 5.41) is 17.1. The van der Waals surface area contributed by atoms with E-state index in [4.69, 9.17) is 19.8 Å². The van der Waals surface area contributed by atoms with Crippen molar-refractivity contribution in [1.82, 2.24) is 0 Å². The maximum Gasteiger partial charge on any atom is 0.330 e. The number of nitriles is 1. The highest BCUT2D eigenvalue weighted by atomic mass is 16.5. The number of methoxy groups -OCH3 is 1. The lowest BCUT2D eigenvalue weighted by molar-refractivity contribution is -0.147. The van der Waals surface area contributed by atoms with E-state index in [0.717, 1.165) is 7.11 Å². The van der Waals surface area contributed by atoms with Crippen molar-refractivity contribution in [3.8, 4) is 6.07 Å². The van der Waals surface area contributed by atoms with E-state index in [0.29, 0.717) is 26.2 Å². The molecule has 0 bridgehead atoms. The Morgan fingerprint density at radius 3 is 2.37 bits per heavy atom. The van der Waals surface area contributed by atoms with Crippen molar-refractivity contribution < 1.29 is 28.9 Å². The van der Waals surface area contributed by atoms with Gasteiger partial charge in [0.1, 0.15) is 0 Å². The Kier molecular flexibility index (Phi) is 10.7. The molecule has 108 valence electrons. The van der Waals surface area contributed by atoms with Crippen molar-refractivity contribution in [3.63, 3.8) is 0 Å². The van der Waals surface area contributed by atoms with Gasteiger partial charge in [-0.2, -0.15) is 5.26 Å². The lowest BCUT2D eigenvalue weighted by Crippen LogP contribution is -2.24. The van der Waals surface area contributed by atoms with Gasteiger partial charge in [0.25, 0.3) is 0 Å². The number of ether oxygens (including phenoxy) is 3. The summed E-state index contributed by atoms with van der Waals surface area (Å²) in [4.78, 5) is 22.6. The molecule has 0 aliphatic carbocycles. The Bertz CT molecular complexity index is 312. The van der Waals surface area contributed by atoms with Crippen molar-refractivity contribution in [3.05, 3.63) is 0 Å². The molecule has 0 spiro atoms. The molecule has 1 atom stereocenters. The molecular formula is C12H19NO6. The van der Waals surface area contributed by atoms with Crippen LogP contribution >= 0.6 is 0 Å². The van der Waals surface area contributed by atoms with E-state index in [1.54, 1.807) is 6.07 Å².